The molecule has 4 nitrogen and oxygen atoms in total. The molecule has 108 valence electrons. The topological polar surface area (TPSA) is 55.1 Å². The number of carboxylic acid groups (broad SMARTS) is 1. The molecule has 1 N–H and O–H groups in total. The van der Waals surface area contributed by atoms with Crippen LogP contribution in [0.15, 0.2) is 43.0 Å². The fraction of sp³-hybridized carbons (Fsp3) is 0.294. The molecule has 2 aromatic rings. The smallest absolute Gasteiger partial charge is 0.335 e. The Bertz CT molecular complexity index is 687. The first kappa shape index (κ1) is 13.6. The Kier molecular flexibility index (Phi) is 3.60. The van der Waals surface area contributed by atoms with Gasteiger partial charge < -0.3 is 9.67 Å². The molecule has 1 atom stereocenters. The van der Waals surface area contributed by atoms with Gasteiger partial charge in [0.25, 0.3) is 0 Å². The molecule has 1 aliphatic carbocycles. The molecular formula is C17H18N2O2. The number of aryl methyl sites for hydroxylation is 1. The van der Waals surface area contributed by atoms with Crippen LogP contribution < -0.4 is 0 Å². The summed E-state index contributed by atoms with van der Waals surface area (Å²) in [4.78, 5) is 15.3. The number of rotatable bonds is 3. The normalized spacial score (nSPS) is 19.5. The van der Waals surface area contributed by atoms with Gasteiger partial charge in [0.2, 0.25) is 0 Å². The van der Waals surface area contributed by atoms with E-state index in [2.05, 4.69) is 15.6 Å². The van der Waals surface area contributed by atoms with Crippen LogP contribution >= 0.6 is 0 Å². The van der Waals surface area contributed by atoms with Crippen molar-refractivity contribution in [2.75, 3.05) is 0 Å². The Morgan fingerprint density at radius 1 is 1.52 bits per heavy atom. The van der Waals surface area contributed by atoms with Crippen molar-refractivity contribution in [1.82, 2.24) is 9.55 Å². The lowest BCUT2D eigenvalue weighted by Gasteiger charge is -2.28. The second-order valence-corrected chi connectivity index (χ2v) is 5.42. The number of fused-ring (bicyclic) bond motifs is 1. The summed E-state index contributed by atoms with van der Waals surface area (Å²) in [5, 5.41) is 9.19. The summed E-state index contributed by atoms with van der Waals surface area (Å²) >= 11 is 0. The first-order valence-corrected chi connectivity index (χ1v) is 7.17. The van der Waals surface area contributed by atoms with E-state index in [9.17, 15) is 9.90 Å². The molecule has 1 heterocycles. The lowest BCUT2D eigenvalue weighted by atomic mass is 9.78. The molecule has 3 rings (SSSR count). The zero-order chi connectivity index (χ0) is 14.8. The number of carbonyl (C=O) groups is 1. The summed E-state index contributed by atoms with van der Waals surface area (Å²) in [5.41, 5.74) is 3.94. The quantitative estimate of drug-likeness (QED) is 0.940. The monoisotopic (exact) mass is 282 g/mol. The van der Waals surface area contributed by atoms with E-state index >= 15 is 0 Å². The van der Waals surface area contributed by atoms with E-state index < -0.39 is 5.97 Å². The van der Waals surface area contributed by atoms with Crippen LogP contribution in [0.2, 0.25) is 0 Å². The maximum Gasteiger partial charge on any atom is 0.335 e. The Labute approximate surface area is 123 Å². The minimum absolute atomic E-state index is 0.358. The summed E-state index contributed by atoms with van der Waals surface area (Å²) in [6.07, 6.45) is 9.77. The molecule has 0 radical (unpaired) electrons. The van der Waals surface area contributed by atoms with E-state index in [0.717, 1.165) is 24.9 Å². The molecular weight excluding hydrogens is 264 g/mol. The molecule has 0 amide bonds. The highest BCUT2D eigenvalue weighted by Crippen LogP contribution is 2.36. The highest BCUT2D eigenvalue weighted by molar-refractivity contribution is 5.89. The number of aromatic carboxylic acids is 1. The van der Waals surface area contributed by atoms with Gasteiger partial charge in [0.15, 0.2) is 0 Å². The standard InChI is InChI=1S/C17H18N2O2/c1-2-15-14(10-19-8-7-18-11-19)6-4-12-3-5-13(17(20)21)9-16(12)15/h2-3,5,7-9,11,14H,4,6,10H2,1H3,(H,20,21)/b15-2+. The summed E-state index contributed by atoms with van der Waals surface area (Å²) in [7, 11) is 0. The lowest BCUT2D eigenvalue weighted by Crippen LogP contribution is -2.18. The van der Waals surface area contributed by atoms with Crippen molar-refractivity contribution < 1.29 is 9.90 Å². The number of hydrogen-bond acceptors (Lipinski definition) is 2. The number of carboxylic acids is 1. The first-order valence-electron chi connectivity index (χ1n) is 7.17. The van der Waals surface area contributed by atoms with Crippen molar-refractivity contribution in [2.45, 2.75) is 26.3 Å². The van der Waals surface area contributed by atoms with Gasteiger partial charge in [-0.2, -0.15) is 0 Å². The van der Waals surface area contributed by atoms with Crippen molar-refractivity contribution in [3.8, 4) is 0 Å². The van der Waals surface area contributed by atoms with Gasteiger partial charge in [0.1, 0.15) is 0 Å². The number of nitrogens with zero attached hydrogens (tertiary/aromatic N) is 2. The van der Waals surface area contributed by atoms with Crippen molar-refractivity contribution in [3.05, 3.63) is 59.7 Å². The minimum atomic E-state index is -0.870. The van der Waals surface area contributed by atoms with E-state index in [0.29, 0.717) is 11.5 Å². The summed E-state index contributed by atoms with van der Waals surface area (Å²) in [5.74, 6) is -0.467. The van der Waals surface area contributed by atoms with Gasteiger partial charge in [-0.25, -0.2) is 9.78 Å². The van der Waals surface area contributed by atoms with Gasteiger partial charge in [0.05, 0.1) is 11.9 Å². The maximum absolute atomic E-state index is 11.2. The molecule has 0 saturated heterocycles. The molecule has 0 bridgehead atoms. The van der Waals surface area contributed by atoms with Crippen LogP contribution in [-0.4, -0.2) is 20.6 Å². The Morgan fingerprint density at radius 2 is 2.38 bits per heavy atom. The highest BCUT2D eigenvalue weighted by atomic mass is 16.4. The van der Waals surface area contributed by atoms with Gasteiger partial charge in [-0.15, -0.1) is 0 Å². The third-order valence-corrected chi connectivity index (χ3v) is 4.17. The molecule has 1 unspecified atom stereocenters. The van der Waals surface area contributed by atoms with Gasteiger partial charge in [-0.1, -0.05) is 12.1 Å². The van der Waals surface area contributed by atoms with E-state index in [1.54, 1.807) is 12.3 Å². The molecule has 1 aromatic carbocycles. The van der Waals surface area contributed by atoms with Crippen LogP contribution in [0.5, 0.6) is 0 Å². The molecule has 0 spiro atoms. The second-order valence-electron chi connectivity index (χ2n) is 5.42. The predicted molar refractivity (Wildman–Crippen MR) is 81.1 cm³/mol. The van der Waals surface area contributed by atoms with E-state index in [1.807, 2.05) is 31.6 Å². The summed E-state index contributed by atoms with van der Waals surface area (Å²) in [6, 6.07) is 5.47. The molecule has 4 heteroatoms. The number of allylic oxidation sites excluding steroid dienone is 2. The number of benzene rings is 1. The van der Waals surface area contributed by atoms with Crippen LogP contribution in [0.25, 0.3) is 5.57 Å². The third kappa shape index (κ3) is 2.61. The fourth-order valence-corrected chi connectivity index (χ4v) is 3.13. The Balaban J connectivity index is 1.95. The minimum Gasteiger partial charge on any atom is -0.478 e. The fourth-order valence-electron chi connectivity index (χ4n) is 3.13. The van der Waals surface area contributed by atoms with Crippen LogP contribution in [0.3, 0.4) is 0 Å². The van der Waals surface area contributed by atoms with E-state index in [1.165, 1.54) is 11.1 Å². The van der Waals surface area contributed by atoms with Crippen LogP contribution in [0, 0.1) is 5.92 Å². The number of hydrogen-bond donors (Lipinski definition) is 1. The zero-order valence-corrected chi connectivity index (χ0v) is 12.0. The molecule has 1 aromatic heterocycles. The van der Waals surface area contributed by atoms with Crippen molar-refractivity contribution >= 4 is 11.5 Å². The Morgan fingerprint density at radius 3 is 3.05 bits per heavy atom. The number of aromatic nitrogens is 2. The summed E-state index contributed by atoms with van der Waals surface area (Å²) < 4.78 is 2.08. The molecule has 1 aliphatic rings. The largest absolute Gasteiger partial charge is 0.478 e. The van der Waals surface area contributed by atoms with Crippen LogP contribution in [0.1, 0.15) is 34.8 Å². The zero-order valence-electron chi connectivity index (χ0n) is 12.0. The van der Waals surface area contributed by atoms with Crippen molar-refractivity contribution in [1.29, 1.82) is 0 Å². The van der Waals surface area contributed by atoms with Gasteiger partial charge in [-0.3, -0.25) is 0 Å². The van der Waals surface area contributed by atoms with E-state index in [-0.39, 0.29) is 0 Å². The average Bonchev–Trinajstić information content (AvgIpc) is 2.99. The van der Waals surface area contributed by atoms with Crippen LogP contribution in [0.4, 0.5) is 0 Å². The molecule has 0 saturated carbocycles. The molecule has 0 aliphatic heterocycles. The van der Waals surface area contributed by atoms with Crippen LogP contribution in [-0.2, 0) is 13.0 Å². The van der Waals surface area contributed by atoms with Gasteiger partial charge in [-0.05, 0) is 48.6 Å². The lowest BCUT2D eigenvalue weighted by molar-refractivity contribution is 0.0697. The predicted octanol–water partition coefficient (Wildman–Crippen LogP) is 3.25. The van der Waals surface area contributed by atoms with Crippen molar-refractivity contribution in [3.63, 3.8) is 0 Å². The maximum atomic E-state index is 11.2. The average molecular weight is 282 g/mol. The third-order valence-electron chi connectivity index (χ3n) is 4.17. The Hall–Kier alpha value is -2.36. The van der Waals surface area contributed by atoms with Crippen molar-refractivity contribution in [2.24, 2.45) is 5.92 Å². The first-order chi connectivity index (χ1) is 10.2. The second kappa shape index (κ2) is 5.56. The SMILES string of the molecule is C/C=C1/c2cc(C(=O)O)ccc2CCC1Cn1ccnc1. The number of imidazole rings is 1. The highest BCUT2D eigenvalue weighted by Gasteiger charge is 2.24. The molecule has 21 heavy (non-hydrogen) atoms. The summed E-state index contributed by atoms with van der Waals surface area (Å²) in [6.45, 7) is 2.91. The van der Waals surface area contributed by atoms with E-state index in [4.69, 9.17) is 0 Å². The molecule has 0 fully saturated rings. The van der Waals surface area contributed by atoms with Gasteiger partial charge in [0, 0.05) is 24.9 Å². The van der Waals surface area contributed by atoms with Gasteiger partial charge >= 0.3 is 5.97 Å².